The van der Waals surface area contributed by atoms with Gasteiger partial charge in [-0.15, -0.1) is 0 Å². The van der Waals surface area contributed by atoms with Gasteiger partial charge in [-0.1, -0.05) is 24.3 Å². The molecule has 0 aliphatic carbocycles. The fraction of sp³-hybridized carbons (Fsp3) is 0.429. The lowest BCUT2D eigenvalue weighted by Crippen LogP contribution is -2.17. The molecule has 0 saturated carbocycles. The normalized spacial score (nSPS) is 18.3. The van der Waals surface area contributed by atoms with Crippen molar-refractivity contribution in [3.8, 4) is 0 Å². The Kier molecular flexibility index (Phi) is 4.57. The summed E-state index contributed by atoms with van der Waals surface area (Å²) in [5, 5.41) is 0. The van der Waals surface area contributed by atoms with Gasteiger partial charge in [0.25, 0.3) is 0 Å². The Morgan fingerprint density at radius 2 is 1.70 bits per heavy atom. The van der Waals surface area contributed by atoms with Crippen molar-refractivity contribution >= 4 is 19.9 Å². The van der Waals surface area contributed by atoms with E-state index in [2.05, 4.69) is 0 Å². The van der Waals surface area contributed by atoms with Crippen LogP contribution in [0.5, 0.6) is 0 Å². The second-order valence-corrected chi connectivity index (χ2v) is 2.83. The molecule has 54 valence electrons. The average Bonchev–Trinajstić information content (AvgIpc) is 1.89. The van der Waals surface area contributed by atoms with Crippen molar-refractivity contribution in [1.29, 1.82) is 0 Å². The Morgan fingerprint density at radius 1 is 1.30 bits per heavy atom. The first-order valence-corrected chi connectivity index (χ1v) is 3.85. The van der Waals surface area contributed by atoms with E-state index >= 15 is 0 Å². The average molecular weight is 154 g/mol. The van der Waals surface area contributed by atoms with Crippen LogP contribution in [-0.4, -0.2) is 17.0 Å². The third kappa shape index (κ3) is 3.13. The molecule has 0 amide bonds. The topological polar surface area (TPSA) is 20.2 Å². The minimum absolute atomic E-state index is 0.626. The lowest BCUT2D eigenvalue weighted by atomic mass is 9.85. The Labute approximate surface area is 67.8 Å². The van der Waals surface area contributed by atoms with Crippen LogP contribution in [0.3, 0.4) is 0 Å². The van der Waals surface area contributed by atoms with Crippen LogP contribution in [0.25, 0.3) is 0 Å². The van der Waals surface area contributed by atoms with Crippen LogP contribution in [0.2, 0.25) is 0 Å². The number of allylic oxidation sites excluding steroid dienone is 2. The molecule has 0 heterocycles. The van der Waals surface area contributed by atoms with Gasteiger partial charge in [-0.3, -0.25) is 0 Å². The predicted octanol–water partition coefficient (Wildman–Crippen LogP) is 2.21. The highest BCUT2D eigenvalue weighted by atomic mass is 32.2. The number of hydrogen-bond donors (Lipinski definition) is 1. The van der Waals surface area contributed by atoms with Gasteiger partial charge in [-0.25, -0.2) is 0 Å². The molecular formula is C7H11BOS. The maximum Gasteiger partial charge on any atom is 0.104 e. The maximum atomic E-state index is 8.74. The highest BCUT2D eigenvalue weighted by molar-refractivity contribution is 7.96. The molecule has 0 saturated heterocycles. The van der Waals surface area contributed by atoms with E-state index in [4.69, 9.17) is 12.4 Å². The lowest BCUT2D eigenvalue weighted by Gasteiger charge is -2.16. The molecule has 1 nitrogen and oxygen atoms in total. The predicted molar refractivity (Wildman–Crippen MR) is 48.3 cm³/mol. The van der Waals surface area contributed by atoms with Gasteiger partial charge < -0.3 is 4.55 Å². The summed E-state index contributed by atoms with van der Waals surface area (Å²) in [6.45, 7) is 3.72. The molecular weight excluding hydrogens is 143 g/mol. The van der Waals surface area contributed by atoms with Gasteiger partial charge in [0.15, 0.2) is 0 Å². The van der Waals surface area contributed by atoms with Crippen LogP contribution in [0.1, 0.15) is 13.8 Å². The number of rotatable bonds is 3. The summed E-state index contributed by atoms with van der Waals surface area (Å²) < 4.78 is 7.99. The van der Waals surface area contributed by atoms with E-state index in [1.165, 1.54) is 0 Å². The van der Waals surface area contributed by atoms with Crippen LogP contribution in [0.4, 0.5) is 0 Å². The summed E-state index contributed by atoms with van der Waals surface area (Å²) in [6, 6.07) is 0. The zero-order valence-corrected chi connectivity index (χ0v) is 7.06. The molecule has 0 unspecified atom stereocenters. The molecule has 10 heavy (non-hydrogen) atoms. The first-order chi connectivity index (χ1) is 4.68. The molecule has 0 aromatic carbocycles. The van der Waals surface area contributed by atoms with Crippen molar-refractivity contribution in [3.63, 3.8) is 0 Å². The third-order valence-corrected chi connectivity index (χ3v) is 1.60. The van der Waals surface area contributed by atoms with Gasteiger partial charge in [0.2, 0.25) is 0 Å². The second-order valence-electron chi connectivity index (χ2n) is 1.94. The van der Waals surface area contributed by atoms with Crippen LogP contribution >= 0.6 is 12.0 Å². The van der Waals surface area contributed by atoms with E-state index in [9.17, 15) is 0 Å². The van der Waals surface area contributed by atoms with Crippen molar-refractivity contribution in [1.82, 2.24) is 0 Å². The van der Waals surface area contributed by atoms with Crippen molar-refractivity contribution in [2.75, 3.05) is 0 Å². The van der Waals surface area contributed by atoms with Gasteiger partial charge in [-0.2, -0.15) is 0 Å². The van der Waals surface area contributed by atoms with E-state index in [0.717, 1.165) is 0 Å². The zero-order valence-electron chi connectivity index (χ0n) is 6.24. The molecule has 0 aromatic rings. The van der Waals surface area contributed by atoms with E-state index in [0.29, 0.717) is 12.0 Å². The minimum Gasteiger partial charge on any atom is -0.330 e. The molecule has 0 bridgehead atoms. The third-order valence-electron chi connectivity index (χ3n) is 1.01. The highest BCUT2D eigenvalue weighted by Gasteiger charge is 2.14. The van der Waals surface area contributed by atoms with E-state index in [-0.39, 0.29) is 0 Å². The van der Waals surface area contributed by atoms with Gasteiger partial charge in [0, 0.05) is 4.65 Å². The molecule has 0 aliphatic heterocycles. The standard InChI is InChI=1S/C7H11BOS/c1-3-5-7(8,10-9)6-4-2/h3-6,9H,1-2H3. The SMILES string of the molecule is [B]C(C=CC)(C=CC)SO. The first-order valence-electron chi connectivity index (χ1n) is 3.07. The summed E-state index contributed by atoms with van der Waals surface area (Å²) in [7, 11) is 5.66. The quantitative estimate of drug-likeness (QED) is 0.382. The Bertz CT molecular complexity index is 131. The van der Waals surface area contributed by atoms with Crippen LogP contribution in [0, 0.1) is 0 Å². The van der Waals surface area contributed by atoms with Crippen LogP contribution in [0.15, 0.2) is 24.3 Å². The van der Waals surface area contributed by atoms with Crippen molar-refractivity contribution in [2.24, 2.45) is 0 Å². The summed E-state index contributed by atoms with van der Waals surface area (Å²) in [4.78, 5) is 0. The fourth-order valence-electron chi connectivity index (χ4n) is 0.637. The minimum atomic E-state index is -0.747. The largest absolute Gasteiger partial charge is 0.330 e. The zero-order chi connectivity index (χ0) is 8.04. The molecule has 2 radical (unpaired) electrons. The van der Waals surface area contributed by atoms with Gasteiger partial charge in [0.05, 0.1) is 0 Å². The summed E-state index contributed by atoms with van der Waals surface area (Å²) in [5.74, 6) is 0. The maximum absolute atomic E-state index is 8.74. The molecule has 0 aliphatic rings. The van der Waals surface area contributed by atoms with Crippen molar-refractivity contribution in [3.05, 3.63) is 24.3 Å². The summed E-state index contributed by atoms with van der Waals surface area (Å²) in [5.41, 5.74) is 0. The second kappa shape index (κ2) is 4.64. The molecule has 3 heteroatoms. The van der Waals surface area contributed by atoms with E-state index in [1.54, 1.807) is 12.2 Å². The Hall–Kier alpha value is -0.145. The fourth-order valence-corrected chi connectivity index (χ4v) is 1.03. The van der Waals surface area contributed by atoms with E-state index < -0.39 is 4.65 Å². The molecule has 0 rings (SSSR count). The smallest absolute Gasteiger partial charge is 0.104 e. The highest BCUT2D eigenvalue weighted by Crippen LogP contribution is 2.21. The first kappa shape index (κ1) is 9.85. The Morgan fingerprint density at radius 3 is 1.90 bits per heavy atom. The summed E-state index contributed by atoms with van der Waals surface area (Å²) in [6.07, 6.45) is 7.09. The molecule has 0 aromatic heterocycles. The van der Waals surface area contributed by atoms with Crippen molar-refractivity contribution in [2.45, 2.75) is 18.5 Å². The summed E-state index contributed by atoms with van der Waals surface area (Å²) >= 11 is 0.626. The Balaban J connectivity index is 4.22. The van der Waals surface area contributed by atoms with Gasteiger partial charge in [0.1, 0.15) is 7.85 Å². The van der Waals surface area contributed by atoms with Crippen LogP contribution < -0.4 is 0 Å². The molecule has 0 atom stereocenters. The van der Waals surface area contributed by atoms with E-state index in [1.807, 2.05) is 26.0 Å². The monoisotopic (exact) mass is 154 g/mol. The molecule has 0 spiro atoms. The van der Waals surface area contributed by atoms with Crippen molar-refractivity contribution < 1.29 is 4.55 Å². The number of hydrogen-bond acceptors (Lipinski definition) is 2. The molecule has 1 N–H and O–H groups in total. The van der Waals surface area contributed by atoms with Crippen LogP contribution in [-0.2, 0) is 0 Å². The lowest BCUT2D eigenvalue weighted by molar-refractivity contribution is 0.658. The van der Waals surface area contributed by atoms with Gasteiger partial charge >= 0.3 is 0 Å². The molecule has 0 fully saturated rings. The van der Waals surface area contributed by atoms with Gasteiger partial charge in [-0.05, 0) is 25.9 Å².